The quantitative estimate of drug-likeness (QED) is 0.0594. The predicted molar refractivity (Wildman–Crippen MR) is 157 cm³/mol. The van der Waals surface area contributed by atoms with Crippen LogP contribution in [0, 0.1) is 5.92 Å². The second-order valence-corrected chi connectivity index (χ2v) is 10.4. The number of para-hydroxylation sites is 1. The van der Waals surface area contributed by atoms with Gasteiger partial charge in [0.15, 0.2) is 5.96 Å². The van der Waals surface area contributed by atoms with Crippen molar-refractivity contribution in [2.45, 2.75) is 70.1 Å². The third kappa shape index (κ3) is 10.7. The first kappa shape index (κ1) is 33.5. The highest BCUT2D eigenvalue weighted by Gasteiger charge is 2.31. The van der Waals surface area contributed by atoms with E-state index in [0.29, 0.717) is 12.0 Å². The van der Waals surface area contributed by atoms with E-state index in [-0.39, 0.29) is 37.7 Å². The van der Waals surface area contributed by atoms with Crippen LogP contribution in [0.15, 0.2) is 35.5 Å². The molecule has 0 saturated heterocycles. The molecule has 2 rings (SSSR count). The number of primary amides is 1. The van der Waals surface area contributed by atoms with Crippen molar-refractivity contribution in [2.24, 2.45) is 33.8 Å². The molecule has 2 aromatic rings. The van der Waals surface area contributed by atoms with Crippen molar-refractivity contribution in [2.75, 3.05) is 6.54 Å². The van der Waals surface area contributed by atoms with Crippen LogP contribution in [0.25, 0.3) is 10.9 Å². The number of aliphatic carboxylic acids is 1. The first-order chi connectivity index (χ1) is 19.8. The van der Waals surface area contributed by atoms with Crippen LogP contribution < -0.4 is 38.9 Å². The molecule has 0 aliphatic carbocycles. The fraction of sp³-hybridized carbons (Fsp3) is 0.481. The summed E-state index contributed by atoms with van der Waals surface area (Å²) in [5.74, 6) is -4.54. The summed E-state index contributed by atoms with van der Waals surface area (Å²) in [5.41, 5.74) is 23.4. The minimum absolute atomic E-state index is 0.0118. The van der Waals surface area contributed by atoms with E-state index in [2.05, 4.69) is 25.9 Å². The highest BCUT2D eigenvalue weighted by Crippen LogP contribution is 2.19. The van der Waals surface area contributed by atoms with Crippen molar-refractivity contribution >= 4 is 46.5 Å². The highest BCUT2D eigenvalue weighted by atomic mass is 16.4. The Hall–Kier alpha value is -4.66. The van der Waals surface area contributed by atoms with Crippen molar-refractivity contribution in [1.29, 1.82) is 0 Å². The van der Waals surface area contributed by atoms with Crippen LogP contribution in [0.4, 0.5) is 0 Å². The number of amides is 4. The van der Waals surface area contributed by atoms with Gasteiger partial charge < -0.3 is 49.0 Å². The molecule has 13 N–H and O–H groups in total. The molecule has 0 fully saturated rings. The van der Waals surface area contributed by atoms with Gasteiger partial charge in [-0.15, -0.1) is 0 Å². The van der Waals surface area contributed by atoms with Gasteiger partial charge in [-0.1, -0.05) is 32.0 Å². The molecule has 4 atom stereocenters. The molecule has 0 aliphatic rings. The SMILES string of the molecule is CC(C)CC(N)C(=O)NC(CC(N)=O)C(=O)NC(CCCN=C(N)N)C(=O)NC(Cc1c[nH]c2ccccc12)C(=O)O. The number of H-pyrrole nitrogens is 1. The average Bonchev–Trinajstić information content (AvgIpc) is 3.31. The zero-order chi connectivity index (χ0) is 31.4. The lowest BCUT2D eigenvalue weighted by Crippen LogP contribution is -2.58. The lowest BCUT2D eigenvalue weighted by Gasteiger charge is -2.25. The average molecular weight is 588 g/mol. The number of carboxylic acids is 1. The number of hydrogen-bond donors (Lipinski definition) is 9. The Kier molecular flexibility index (Phi) is 12.7. The Morgan fingerprint density at radius 1 is 0.929 bits per heavy atom. The second kappa shape index (κ2) is 16.0. The summed E-state index contributed by atoms with van der Waals surface area (Å²) in [4.78, 5) is 69.8. The van der Waals surface area contributed by atoms with Crippen molar-refractivity contribution < 1.29 is 29.1 Å². The zero-order valence-electron chi connectivity index (χ0n) is 23.8. The number of nitrogens with one attached hydrogen (secondary N) is 4. The second-order valence-electron chi connectivity index (χ2n) is 10.4. The van der Waals surface area contributed by atoms with E-state index in [9.17, 15) is 29.1 Å². The van der Waals surface area contributed by atoms with E-state index in [1.54, 1.807) is 6.20 Å². The van der Waals surface area contributed by atoms with Gasteiger partial charge in [0.2, 0.25) is 23.6 Å². The van der Waals surface area contributed by atoms with Crippen molar-refractivity contribution in [3.63, 3.8) is 0 Å². The Morgan fingerprint density at radius 2 is 1.55 bits per heavy atom. The van der Waals surface area contributed by atoms with Gasteiger partial charge in [0.1, 0.15) is 18.1 Å². The summed E-state index contributed by atoms with van der Waals surface area (Å²) >= 11 is 0. The summed E-state index contributed by atoms with van der Waals surface area (Å²) in [5, 5.41) is 18.1. The third-order valence-electron chi connectivity index (χ3n) is 6.39. The van der Waals surface area contributed by atoms with E-state index in [0.717, 1.165) is 10.9 Å². The number of carbonyl (C=O) groups excluding carboxylic acids is 4. The monoisotopic (exact) mass is 587 g/mol. The summed E-state index contributed by atoms with van der Waals surface area (Å²) in [6.45, 7) is 3.87. The molecular formula is C27H41N9O6. The predicted octanol–water partition coefficient (Wildman–Crippen LogP) is -1.45. The minimum atomic E-state index is -1.41. The molecule has 1 heterocycles. The molecule has 1 aromatic carbocycles. The summed E-state index contributed by atoms with van der Waals surface area (Å²) in [7, 11) is 0. The van der Waals surface area contributed by atoms with Crippen molar-refractivity contribution in [1.82, 2.24) is 20.9 Å². The summed E-state index contributed by atoms with van der Waals surface area (Å²) < 4.78 is 0. The highest BCUT2D eigenvalue weighted by molar-refractivity contribution is 5.96. The van der Waals surface area contributed by atoms with Crippen LogP contribution in [-0.4, -0.2) is 76.4 Å². The number of rotatable bonds is 17. The maximum absolute atomic E-state index is 13.3. The van der Waals surface area contributed by atoms with Gasteiger partial charge in [0.25, 0.3) is 0 Å². The largest absolute Gasteiger partial charge is 0.480 e. The smallest absolute Gasteiger partial charge is 0.326 e. The zero-order valence-corrected chi connectivity index (χ0v) is 23.8. The van der Waals surface area contributed by atoms with Crippen LogP contribution in [0.2, 0.25) is 0 Å². The lowest BCUT2D eigenvalue weighted by molar-refractivity contribution is -0.142. The number of nitrogens with two attached hydrogens (primary N) is 4. The Balaban J connectivity index is 2.23. The van der Waals surface area contributed by atoms with E-state index in [4.69, 9.17) is 22.9 Å². The molecule has 4 amide bonds. The molecule has 0 radical (unpaired) electrons. The Bertz CT molecular complexity index is 1290. The molecule has 230 valence electrons. The first-order valence-corrected chi connectivity index (χ1v) is 13.6. The van der Waals surface area contributed by atoms with Crippen LogP contribution >= 0.6 is 0 Å². The van der Waals surface area contributed by atoms with Gasteiger partial charge >= 0.3 is 5.97 Å². The molecular weight excluding hydrogens is 546 g/mol. The molecule has 4 unspecified atom stereocenters. The number of benzene rings is 1. The van der Waals surface area contributed by atoms with E-state index >= 15 is 0 Å². The topological polar surface area (TPSA) is 274 Å². The molecule has 1 aromatic heterocycles. The normalized spacial score (nSPS) is 13.9. The van der Waals surface area contributed by atoms with Crippen LogP contribution in [0.5, 0.6) is 0 Å². The molecule has 15 heteroatoms. The van der Waals surface area contributed by atoms with Crippen LogP contribution in [0.3, 0.4) is 0 Å². The van der Waals surface area contributed by atoms with E-state index in [1.165, 1.54) is 0 Å². The summed E-state index contributed by atoms with van der Waals surface area (Å²) in [6, 6.07) is 2.38. The lowest BCUT2D eigenvalue weighted by atomic mass is 10.0. The molecule has 15 nitrogen and oxygen atoms in total. The Morgan fingerprint density at radius 3 is 2.17 bits per heavy atom. The molecule has 0 bridgehead atoms. The summed E-state index contributed by atoms with van der Waals surface area (Å²) in [6.07, 6.45) is 1.67. The standard InChI is InChI=1S/C27H41N9O6/c1-14(2)10-17(28)23(38)35-20(12-22(29)37)25(40)34-19(8-5-9-32-27(30)31)24(39)36-21(26(41)42)11-15-13-33-18-7-4-3-6-16(15)18/h3-4,6-7,13-14,17,19-21,33H,5,8-12,28H2,1-2H3,(H2,29,37)(H,34,40)(H,35,38)(H,36,39)(H,41,42)(H4,30,31,32). The number of hydrogen-bond acceptors (Lipinski definition) is 7. The fourth-order valence-electron chi connectivity index (χ4n) is 4.34. The van der Waals surface area contributed by atoms with Crippen LogP contribution in [0.1, 0.15) is 45.1 Å². The maximum atomic E-state index is 13.3. The fourth-order valence-corrected chi connectivity index (χ4v) is 4.34. The van der Waals surface area contributed by atoms with Crippen molar-refractivity contribution in [3.05, 3.63) is 36.0 Å². The first-order valence-electron chi connectivity index (χ1n) is 13.6. The van der Waals surface area contributed by atoms with Gasteiger partial charge in [-0.25, -0.2) is 4.79 Å². The van der Waals surface area contributed by atoms with Gasteiger partial charge in [-0.2, -0.15) is 0 Å². The van der Waals surface area contributed by atoms with Gasteiger partial charge in [-0.3, -0.25) is 24.2 Å². The van der Waals surface area contributed by atoms with Gasteiger partial charge in [-0.05, 0) is 36.8 Å². The Labute approximate surface area is 243 Å². The van der Waals surface area contributed by atoms with Crippen LogP contribution in [-0.2, 0) is 30.4 Å². The minimum Gasteiger partial charge on any atom is -0.480 e. The van der Waals surface area contributed by atoms with Gasteiger partial charge in [0.05, 0.1) is 12.5 Å². The number of carboxylic acid groups (broad SMARTS) is 1. The molecule has 0 saturated carbocycles. The molecule has 0 aliphatic heterocycles. The number of carbonyl (C=O) groups is 5. The van der Waals surface area contributed by atoms with Gasteiger partial charge in [0, 0.05) is 30.1 Å². The number of aromatic amines is 1. The molecule has 42 heavy (non-hydrogen) atoms. The third-order valence-corrected chi connectivity index (χ3v) is 6.39. The number of aliphatic imine (C=N–C) groups is 1. The number of fused-ring (bicyclic) bond motifs is 1. The van der Waals surface area contributed by atoms with E-state index in [1.807, 2.05) is 38.1 Å². The van der Waals surface area contributed by atoms with Crippen molar-refractivity contribution in [3.8, 4) is 0 Å². The number of guanidine groups is 1. The molecule has 0 spiro atoms. The number of nitrogens with zero attached hydrogens (tertiary/aromatic N) is 1. The maximum Gasteiger partial charge on any atom is 0.326 e. The van der Waals surface area contributed by atoms with E-state index < -0.39 is 60.2 Å². The number of aromatic nitrogens is 1.